The van der Waals surface area contributed by atoms with Gasteiger partial charge < -0.3 is 25.0 Å². The molecule has 0 spiro atoms. The zero-order valence-electron chi connectivity index (χ0n) is 23.7. The number of rotatable bonds is 9. The van der Waals surface area contributed by atoms with E-state index in [1.165, 1.54) is 18.3 Å². The third-order valence-corrected chi connectivity index (χ3v) is 7.40. The molecule has 3 amide bonds. The van der Waals surface area contributed by atoms with Crippen molar-refractivity contribution >= 4 is 17.7 Å². The smallest absolute Gasteiger partial charge is 0.274 e. The summed E-state index contributed by atoms with van der Waals surface area (Å²) in [4.78, 5) is 49.2. The lowest BCUT2D eigenvalue weighted by Gasteiger charge is -2.27. The monoisotopic (exact) mass is 572 g/mol. The molecule has 1 saturated heterocycles. The molecular formula is C31H33FN6O4. The summed E-state index contributed by atoms with van der Waals surface area (Å²) in [6.07, 6.45) is 2.91. The molecule has 0 bridgehead atoms. The first-order chi connectivity index (χ1) is 20.2. The Kier molecular flexibility index (Phi) is 8.46. The number of aromatic amines is 1. The van der Waals surface area contributed by atoms with Gasteiger partial charge in [0.2, 0.25) is 11.8 Å². The Morgan fingerprint density at radius 2 is 1.90 bits per heavy atom. The number of hydrogen-bond donors (Lipinski definition) is 3. The number of aryl methyl sites for hydroxylation is 2. The van der Waals surface area contributed by atoms with Crippen LogP contribution in [0, 0.1) is 19.7 Å². The summed E-state index contributed by atoms with van der Waals surface area (Å²) in [6, 6.07) is 14.2. The van der Waals surface area contributed by atoms with E-state index in [2.05, 4.69) is 25.8 Å². The minimum Gasteiger partial charge on any atom is -0.361 e. The summed E-state index contributed by atoms with van der Waals surface area (Å²) in [5.74, 6) is -1.01. The maximum absolute atomic E-state index is 14.5. The van der Waals surface area contributed by atoms with Crippen molar-refractivity contribution in [3.05, 3.63) is 95.0 Å². The Morgan fingerprint density at radius 3 is 2.62 bits per heavy atom. The molecule has 42 heavy (non-hydrogen) atoms. The Morgan fingerprint density at radius 1 is 1.12 bits per heavy atom. The van der Waals surface area contributed by atoms with Crippen LogP contribution >= 0.6 is 0 Å². The first-order valence-electron chi connectivity index (χ1n) is 13.9. The van der Waals surface area contributed by atoms with Crippen LogP contribution in [0.5, 0.6) is 0 Å². The third-order valence-electron chi connectivity index (χ3n) is 7.40. The fraction of sp³-hybridized carbons (Fsp3) is 0.323. The van der Waals surface area contributed by atoms with Crippen LogP contribution < -0.4 is 10.6 Å². The average Bonchev–Trinajstić information content (AvgIpc) is 3.74. The van der Waals surface area contributed by atoms with Gasteiger partial charge in [0.15, 0.2) is 5.69 Å². The summed E-state index contributed by atoms with van der Waals surface area (Å²) in [6.45, 7) is 5.72. The molecule has 10 nitrogen and oxygen atoms in total. The van der Waals surface area contributed by atoms with Gasteiger partial charge in [0.25, 0.3) is 5.91 Å². The van der Waals surface area contributed by atoms with E-state index < -0.39 is 23.9 Å². The molecule has 1 aliphatic rings. The lowest BCUT2D eigenvalue weighted by atomic mass is 10.0. The summed E-state index contributed by atoms with van der Waals surface area (Å²) in [5, 5.41) is 9.21. The Hall–Kier alpha value is -4.80. The van der Waals surface area contributed by atoms with E-state index in [1.807, 2.05) is 30.3 Å². The predicted molar refractivity (Wildman–Crippen MR) is 153 cm³/mol. The van der Waals surface area contributed by atoms with Gasteiger partial charge in [-0.05, 0) is 56.9 Å². The van der Waals surface area contributed by atoms with E-state index in [0.717, 1.165) is 24.0 Å². The topological polar surface area (TPSA) is 133 Å². The van der Waals surface area contributed by atoms with Crippen molar-refractivity contribution in [2.75, 3.05) is 6.54 Å². The Labute approximate surface area is 242 Å². The third kappa shape index (κ3) is 6.40. The van der Waals surface area contributed by atoms with Gasteiger partial charge in [-0.25, -0.2) is 9.37 Å². The van der Waals surface area contributed by atoms with E-state index in [-0.39, 0.29) is 29.9 Å². The number of amides is 3. The van der Waals surface area contributed by atoms with Crippen molar-refractivity contribution in [3.63, 3.8) is 0 Å². The van der Waals surface area contributed by atoms with Crippen molar-refractivity contribution in [2.24, 2.45) is 0 Å². The summed E-state index contributed by atoms with van der Waals surface area (Å²) in [5.41, 5.74) is 2.65. The van der Waals surface area contributed by atoms with Crippen LogP contribution in [-0.4, -0.2) is 50.3 Å². The number of benzene rings is 2. The van der Waals surface area contributed by atoms with E-state index in [4.69, 9.17) is 4.52 Å². The molecule has 0 unspecified atom stereocenters. The molecule has 2 aromatic heterocycles. The van der Waals surface area contributed by atoms with Crippen molar-refractivity contribution in [3.8, 4) is 11.3 Å². The number of H-pyrrole nitrogens is 1. The maximum atomic E-state index is 14.5. The molecule has 4 aromatic rings. The Bertz CT molecular complexity index is 1580. The molecule has 218 valence electrons. The van der Waals surface area contributed by atoms with Crippen molar-refractivity contribution < 1.29 is 23.3 Å². The molecule has 3 atom stereocenters. The molecule has 2 aromatic carbocycles. The number of carbonyl (C=O) groups is 3. The van der Waals surface area contributed by atoms with Crippen LogP contribution in [-0.2, 0) is 9.59 Å². The maximum Gasteiger partial charge on any atom is 0.274 e. The highest BCUT2D eigenvalue weighted by Gasteiger charge is 2.34. The van der Waals surface area contributed by atoms with Crippen molar-refractivity contribution in [1.29, 1.82) is 0 Å². The minimum atomic E-state index is -1.19. The lowest BCUT2D eigenvalue weighted by Crippen LogP contribution is -2.50. The van der Waals surface area contributed by atoms with Gasteiger partial charge in [-0.15, -0.1) is 0 Å². The van der Waals surface area contributed by atoms with Gasteiger partial charge in [0, 0.05) is 18.2 Å². The second kappa shape index (κ2) is 12.4. The fourth-order valence-electron chi connectivity index (χ4n) is 5.21. The van der Waals surface area contributed by atoms with E-state index in [1.54, 1.807) is 37.8 Å². The lowest BCUT2D eigenvalue weighted by molar-refractivity contribution is -0.135. The summed E-state index contributed by atoms with van der Waals surface area (Å²) >= 11 is 0. The Balaban J connectivity index is 1.32. The zero-order chi connectivity index (χ0) is 29.8. The largest absolute Gasteiger partial charge is 0.361 e. The molecule has 0 radical (unpaired) electrons. The molecule has 3 heterocycles. The summed E-state index contributed by atoms with van der Waals surface area (Å²) in [7, 11) is 0. The molecular weight excluding hydrogens is 539 g/mol. The molecule has 3 N–H and O–H groups in total. The van der Waals surface area contributed by atoms with Gasteiger partial charge >= 0.3 is 0 Å². The van der Waals surface area contributed by atoms with Crippen molar-refractivity contribution in [1.82, 2.24) is 30.7 Å². The van der Waals surface area contributed by atoms with Gasteiger partial charge in [-0.3, -0.25) is 14.4 Å². The molecule has 1 aliphatic heterocycles. The van der Waals surface area contributed by atoms with Gasteiger partial charge in [0.05, 0.1) is 30.4 Å². The quantitative estimate of drug-likeness (QED) is 0.270. The number of nitrogens with one attached hydrogen (secondary N) is 3. The van der Waals surface area contributed by atoms with Crippen LogP contribution in [0.15, 0.2) is 65.3 Å². The van der Waals surface area contributed by atoms with Gasteiger partial charge in [-0.2, -0.15) is 0 Å². The molecule has 5 rings (SSSR count). The van der Waals surface area contributed by atoms with E-state index in [9.17, 15) is 18.8 Å². The number of hydrogen-bond acceptors (Lipinski definition) is 6. The molecule has 1 fully saturated rings. The van der Waals surface area contributed by atoms with Crippen LogP contribution in [0.4, 0.5) is 4.39 Å². The highest BCUT2D eigenvalue weighted by molar-refractivity contribution is 5.97. The first-order valence-corrected chi connectivity index (χ1v) is 13.9. The van der Waals surface area contributed by atoms with Crippen LogP contribution in [0.1, 0.15) is 71.5 Å². The SMILES string of the molecule is Cc1ccc(-c2cnc([C@H](C)NC(=O)[C@H](CC(=O)N3CCC[C@@H]3c3ccccc3)NC(=O)c3cc(C)on3)[nH]2)c(F)c1. The van der Waals surface area contributed by atoms with E-state index >= 15 is 0 Å². The molecule has 0 saturated carbocycles. The minimum absolute atomic E-state index is 0.00457. The predicted octanol–water partition coefficient (Wildman–Crippen LogP) is 4.55. The van der Waals surface area contributed by atoms with Crippen LogP contribution in [0.3, 0.4) is 0 Å². The number of halogens is 1. The first kappa shape index (κ1) is 28.7. The second-order valence-corrected chi connectivity index (χ2v) is 10.6. The number of imidazole rings is 1. The van der Waals surface area contributed by atoms with Crippen molar-refractivity contribution in [2.45, 2.75) is 58.2 Å². The molecule has 11 heteroatoms. The van der Waals surface area contributed by atoms with Crippen LogP contribution in [0.2, 0.25) is 0 Å². The molecule has 0 aliphatic carbocycles. The van der Waals surface area contributed by atoms with Gasteiger partial charge in [-0.1, -0.05) is 41.6 Å². The highest BCUT2D eigenvalue weighted by Crippen LogP contribution is 2.32. The number of likely N-dealkylation sites (tertiary alicyclic amines) is 1. The van der Waals surface area contributed by atoms with E-state index in [0.29, 0.717) is 29.4 Å². The second-order valence-electron chi connectivity index (χ2n) is 10.6. The average molecular weight is 573 g/mol. The number of carbonyl (C=O) groups excluding carboxylic acids is 3. The fourth-order valence-corrected chi connectivity index (χ4v) is 5.21. The van der Waals surface area contributed by atoms with Gasteiger partial charge in [0.1, 0.15) is 23.4 Å². The number of nitrogens with zero attached hydrogens (tertiary/aromatic N) is 3. The zero-order valence-corrected chi connectivity index (χ0v) is 23.7. The van der Waals surface area contributed by atoms with Crippen LogP contribution in [0.25, 0.3) is 11.3 Å². The normalized spacial score (nSPS) is 16.2. The number of aromatic nitrogens is 3. The standard InChI is InChI=1S/C31H33FN6O4/c1-18-11-12-22(23(32)14-18)26-17-33-29(35-26)20(3)34-30(40)24(36-31(41)25-15-19(2)42-37-25)16-28(39)38-13-7-10-27(38)21-8-5-4-6-9-21/h4-6,8-9,11-12,14-15,17,20,24,27H,7,10,13,16H2,1-3H3,(H,33,35)(H,34,40)(H,36,41)/t20-,24-,27+/m0/s1. The highest BCUT2D eigenvalue weighted by atomic mass is 19.1. The summed E-state index contributed by atoms with van der Waals surface area (Å²) < 4.78 is 19.5.